The number of nitrogens with zero attached hydrogens (tertiary/aromatic N) is 1. The van der Waals surface area contributed by atoms with Crippen LogP contribution in [0.3, 0.4) is 0 Å². The Morgan fingerprint density at radius 3 is 2.79 bits per heavy atom. The van der Waals surface area contributed by atoms with Crippen LogP contribution in [0.2, 0.25) is 0 Å². The highest BCUT2D eigenvalue weighted by atomic mass is 16.6. The first kappa shape index (κ1) is 16.2. The van der Waals surface area contributed by atoms with Gasteiger partial charge in [-0.1, -0.05) is 35.5 Å². The lowest BCUT2D eigenvalue weighted by atomic mass is 10.1. The summed E-state index contributed by atoms with van der Waals surface area (Å²) in [5.41, 5.74) is 1.31. The Balaban J connectivity index is 1.94. The summed E-state index contributed by atoms with van der Waals surface area (Å²) < 4.78 is 15.5. The lowest BCUT2D eigenvalue weighted by Gasteiger charge is -2.11. The third-order valence-electron chi connectivity index (χ3n) is 3.67. The van der Waals surface area contributed by atoms with Crippen molar-refractivity contribution in [1.82, 2.24) is 5.16 Å². The molecule has 1 aromatic heterocycles. The van der Waals surface area contributed by atoms with E-state index in [9.17, 15) is 9.59 Å². The Kier molecular flexibility index (Phi) is 4.90. The molecule has 1 aliphatic rings. The monoisotopic (exact) mass is 330 g/mol. The molecule has 1 N–H and O–H groups in total. The van der Waals surface area contributed by atoms with Gasteiger partial charge in [0.2, 0.25) is 0 Å². The van der Waals surface area contributed by atoms with E-state index in [1.807, 2.05) is 30.3 Å². The summed E-state index contributed by atoms with van der Waals surface area (Å²) >= 11 is 0. The van der Waals surface area contributed by atoms with E-state index in [4.69, 9.17) is 14.0 Å². The molecule has 1 aromatic carbocycles. The van der Waals surface area contributed by atoms with Crippen LogP contribution in [0.1, 0.15) is 30.3 Å². The van der Waals surface area contributed by atoms with Gasteiger partial charge in [0.15, 0.2) is 0 Å². The first-order chi connectivity index (χ1) is 11.7. The Labute approximate surface area is 138 Å². The Morgan fingerprint density at radius 2 is 2.12 bits per heavy atom. The predicted molar refractivity (Wildman–Crippen MR) is 85.5 cm³/mol. The first-order valence-electron chi connectivity index (χ1n) is 7.85. The lowest BCUT2D eigenvalue weighted by molar-refractivity contribution is -0.124. The number of aromatic nitrogens is 1. The first-order valence-corrected chi connectivity index (χ1v) is 7.85. The van der Waals surface area contributed by atoms with Crippen LogP contribution in [-0.2, 0) is 14.3 Å². The number of anilines is 1. The number of rotatable bonds is 5. The van der Waals surface area contributed by atoms with Crippen molar-refractivity contribution in [2.24, 2.45) is 0 Å². The van der Waals surface area contributed by atoms with Gasteiger partial charge in [0.05, 0.1) is 6.61 Å². The molecule has 7 nitrogen and oxygen atoms in total. The van der Waals surface area contributed by atoms with Crippen molar-refractivity contribution in [2.45, 2.75) is 25.9 Å². The molecule has 1 aliphatic heterocycles. The molecule has 0 unspecified atom stereocenters. The van der Waals surface area contributed by atoms with Gasteiger partial charge in [-0.05, 0) is 19.8 Å². The van der Waals surface area contributed by atoms with Crippen LogP contribution in [0.15, 0.2) is 34.9 Å². The SMILES string of the molecule is CCOC(=O)c1onc(-c2ccccc2)c1NC(=O)[C@H]1CCCO1. The van der Waals surface area contributed by atoms with E-state index < -0.39 is 12.1 Å². The highest BCUT2D eigenvalue weighted by Crippen LogP contribution is 2.31. The number of nitrogens with one attached hydrogen (secondary N) is 1. The van der Waals surface area contributed by atoms with E-state index in [-0.39, 0.29) is 24.0 Å². The topological polar surface area (TPSA) is 90.7 Å². The van der Waals surface area contributed by atoms with Crippen LogP contribution in [-0.4, -0.2) is 36.4 Å². The zero-order chi connectivity index (χ0) is 16.9. The largest absolute Gasteiger partial charge is 0.460 e. The maximum Gasteiger partial charge on any atom is 0.379 e. The third-order valence-corrected chi connectivity index (χ3v) is 3.67. The molecule has 2 heterocycles. The van der Waals surface area contributed by atoms with Crippen LogP contribution in [0, 0.1) is 0 Å². The zero-order valence-electron chi connectivity index (χ0n) is 13.3. The summed E-state index contributed by atoms with van der Waals surface area (Å²) in [4.78, 5) is 24.4. The molecule has 0 saturated carbocycles. The zero-order valence-corrected chi connectivity index (χ0v) is 13.3. The van der Waals surface area contributed by atoms with Gasteiger partial charge in [-0.15, -0.1) is 0 Å². The van der Waals surface area contributed by atoms with Gasteiger partial charge in [0.1, 0.15) is 17.5 Å². The molecule has 0 aliphatic carbocycles. The molecular formula is C17H18N2O5. The lowest BCUT2D eigenvalue weighted by Crippen LogP contribution is -2.27. The fourth-order valence-corrected chi connectivity index (χ4v) is 2.52. The van der Waals surface area contributed by atoms with Gasteiger partial charge in [-0.3, -0.25) is 4.79 Å². The summed E-state index contributed by atoms with van der Waals surface area (Å²) in [7, 11) is 0. The van der Waals surface area contributed by atoms with E-state index in [2.05, 4.69) is 10.5 Å². The van der Waals surface area contributed by atoms with E-state index in [1.54, 1.807) is 6.92 Å². The summed E-state index contributed by atoms with van der Waals surface area (Å²) in [6.45, 7) is 2.44. The van der Waals surface area contributed by atoms with Crippen LogP contribution in [0.25, 0.3) is 11.3 Å². The van der Waals surface area contributed by atoms with Gasteiger partial charge in [0, 0.05) is 12.2 Å². The second-order valence-electron chi connectivity index (χ2n) is 5.31. The molecule has 2 aromatic rings. The quantitative estimate of drug-likeness (QED) is 0.848. The molecule has 126 valence electrons. The minimum atomic E-state index is -0.671. The summed E-state index contributed by atoms with van der Waals surface area (Å²) in [6, 6.07) is 9.16. The molecule has 0 spiro atoms. The number of amides is 1. The molecule has 1 saturated heterocycles. The third kappa shape index (κ3) is 3.30. The minimum absolute atomic E-state index is 0.123. The van der Waals surface area contributed by atoms with Crippen molar-refractivity contribution in [2.75, 3.05) is 18.5 Å². The van der Waals surface area contributed by atoms with E-state index in [1.165, 1.54) is 0 Å². The summed E-state index contributed by atoms with van der Waals surface area (Å²) in [5, 5.41) is 6.66. The standard InChI is InChI=1S/C17H18N2O5/c1-2-22-17(21)15-14(18-16(20)12-9-6-10-23-12)13(19-24-15)11-7-4-3-5-8-11/h3-5,7-8,12H,2,6,9-10H2,1H3,(H,18,20)/t12-/m1/s1. The predicted octanol–water partition coefficient (Wildman–Crippen LogP) is 2.64. The number of carbonyl (C=O) groups is 2. The van der Waals surface area contributed by atoms with Crippen molar-refractivity contribution in [3.05, 3.63) is 36.1 Å². The van der Waals surface area contributed by atoms with Gasteiger partial charge in [0.25, 0.3) is 11.7 Å². The van der Waals surface area contributed by atoms with Gasteiger partial charge >= 0.3 is 5.97 Å². The average Bonchev–Trinajstić information content (AvgIpc) is 3.26. The highest BCUT2D eigenvalue weighted by Gasteiger charge is 2.30. The number of carbonyl (C=O) groups excluding carboxylic acids is 2. The van der Waals surface area contributed by atoms with E-state index >= 15 is 0 Å². The van der Waals surface area contributed by atoms with Crippen LogP contribution >= 0.6 is 0 Å². The van der Waals surface area contributed by atoms with Crippen LogP contribution < -0.4 is 5.32 Å². The summed E-state index contributed by atoms with van der Waals surface area (Å²) in [5.74, 6) is -1.12. The van der Waals surface area contributed by atoms with E-state index in [0.29, 0.717) is 18.7 Å². The Morgan fingerprint density at radius 1 is 1.33 bits per heavy atom. The Bertz CT molecular complexity index is 720. The highest BCUT2D eigenvalue weighted by molar-refractivity contribution is 6.04. The minimum Gasteiger partial charge on any atom is -0.460 e. The van der Waals surface area contributed by atoms with Gasteiger partial charge < -0.3 is 19.3 Å². The maximum atomic E-state index is 12.4. The van der Waals surface area contributed by atoms with Crippen LogP contribution in [0.4, 0.5) is 5.69 Å². The molecule has 24 heavy (non-hydrogen) atoms. The molecule has 7 heteroatoms. The molecule has 1 amide bonds. The van der Waals surface area contributed by atoms with E-state index in [0.717, 1.165) is 12.0 Å². The fourth-order valence-electron chi connectivity index (χ4n) is 2.52. The van der Waals surface area contributed by atoms with Crippen molar-refractivity contribution in [3.8, 4) is 11.3 Å². The molecular weight excluding hydrogens is 312 g/mol. The summed E-state index contributed by atoms with van der Waals surface area (Å²) in [6.07, 6.45) is 0.948. The van der Waals surface area contributed by atoms with Crippen molar-refractivity contribution < 1.29 is 23.6 Å². The van der Waals surface area contributed by atoms with Gasteiger partial charge in [-0.2, -0.15) is 0 Å². The second kappa shape index (κ2) is 7.27. The molecule has 0 radical (unpaired) electrons. The normalized spacial score (nSPS) is 16.8. The molecule has 1 atom stereocenters. The smallest absolute Gasteiger partial charge is 0.379 e. The average molecular weight is 330 g/mol. The van der Waals surface area contributed by atoms with Crippen LogP contribution in [0.5, 0.6) is 0 Å². The number of hydrogen-bond acceptors (Lipinski definition) is 6. The van der Waals surface area contributed by atoms with Crippen molar-refractivity contribution in [3.63, 3.8) is 0 Å². The van der Waals surface area contributed by atoms with Gasteiger partial charge in [-0.25, -0.2) is 4.79 Å². The number of ether oxygens (including phenoxy) is 2. The number of esters is 1. The molecule has 1 fully saturated rings. The second-order valence-corrected chi connectivity index (χ2v) is 5.31. The molecule has 3 rings (SSSR count). The number of benzene rings is 1. The maximum absolute atomic E-state index is 12.4. The fraction of sp³-hybridized carbons (Fsp3) is 0.353. The Hall–Kier alpha value is -2.67. The molecule has 0 bridgehead atoms. The number of hydrogen-bond donors (Lipinski definition) is 1. The van der Waals surface area contributed by atoms with Crippen molar-refractivity contribution in [1.29, 1.82) is 0 Å². The van der Waals surface area contributed by atoms with Crippen molar-refractivity contribution >= 4 is 17.6 Å².